The maximum atomic E-state index is 13.6. The standard InChI is InChI=1S/C27H28FNO2/c1-17(15-18(2)30)16-22(31)13-14-24-26(19-9-11-21(28)12-10-19)23-5-3-4-6-25(23)29-27(24)20-7-8-20/h3-6,9-14,17,20,22,30-31H,2,7-8,15-16H2,1H3/b14-13+/t17-,22+/m0/s1. The van der Waals surface area contributed by atoms with Crippen LogP contribution in [-0.2, 0) is 0 Å². The zero-order valence-electron chi connectivity index (χ0n) is 17.8. The molecule has 31 heavy (non-hydrogen) atoms. The lowest BCUT2D eigenvalue weighted by molar-refractivity contribution is 0.187. The summed E-state index contributed by atoms with van der Waals surface area (Å²) in [7, 11) is 0. The molecule has 2 aromatic carbocycles. The van der Waals surface area contributed by atoms with Gasteiger partial charge in [-0.1, -0.05) is 56.0 Å². The summed E-state index contributed by atoms with van der Waals surface area (Å²) in [5.74, 6) is 0.400. The molecule has 0 saturated heterocycles. The Morgan fingerprint density at radius 3 is 2.58 bits per heavy atom. The highest BCUT2D eigenvalue weighted by Crippen LogP contribution is 2.45. The summed E-state index contributed by atoms with van der Waals surface area (Å²) < 4.78 is 13.6. The minimum Gasteiger partial charge on any atom is -0.513 e. The first-order valence-electron chi connectivity index (χ1n) is 10.8. The van der Waals surface area contributed by atoms with Gasteiger partial charge in [0.2, 0.25) is 0 Å². The van der Waals surface area contributed by atoms with Crippen molar-refractivity contribution in [1.82, 2.24) is 4.98 Å². The van der Waals surface area contributed by atoms with Crippen LogP contribution in [0, 0.1) is 11.7 Å². The van der Waals surface area contributed by atoms with Gasteiger partial charge in [-0.25, -0.2) is 4.39 Å². The largest absolute Gasteiger partial charge is 0.513 e. The van der Waals surface area contributed by atoms with E-state index in [0.717, 1.165) is 46.1 Å². The number of pyridine rings is 1. The molecule has 160 valence electrons. The van der Waals surface area contributed by atoms with Crippen LogP contribution in [0.5, 0.6) is 0 Å². The van der Waals surface area contributed by atoms with Crippen LogP contribution >= 0.6 is 0 Å². The molecular formula is C27H28FNO2. The number of hydrogen-bond acceptors (Lipinski definition) is 3. The molecule has 0 bridgehead atoms. The van der Waals surface area contributed by atoms with Gasteiger partial charge in [0.25, 0.3) is 0 Å². The van der Waals surface area contributed by atoms with Gasteiger partial charge < -0.3 is 10.2 Å². The van der Waals surface area contributed by atoms with E-state index in [-0.39, 0.29) is 17.5 Å². The summed E-state index contributed by atoms with van der Waals surface area (Å²) in [5.41, 5.74) is 4.91. The third-order valence-corrected chi connectivity index (χ3v) is 5.77. The SMILES string of the molecule is C=C(O)C[C@H](C)C[C@H](O)/C=C/c1c(C2CC2)nc2ccccc2c1-c1ccc(F)cc1. The molecule has 1 fully saturated rings. The van der Waals surface area contributed by atoms with Crippen molar-refractivity contribution in [3.63, 3.8) is 0 Å². The molecule has 1 saturated carbocycles. The van der Waals surface area contributed by atoms with Gasteiger partial charge >= 0.3 is 0 Å². The van der Waals surface area contributed by atoms with Crippen molar-refractivity contribution in [3.05, 3.63) is 84.0 Å². The molecule has 1 aromatic heterocycles. The first kappa shape index (κ1) is 21.3. The number of nitrogens with zero attached hydrogens (tertiary/aromatic N) is 1. The molecule has 1 aliphatic carbocycles. The molecule has 3 aromatic rings. The Morgan fingerprint density at radius 1 is 1.19 bits per heavy atom. The fourth-order valence-corrected chi connectivity index (χ4v) is 4.19. The Kier molecular flexibility index (Phi) is 6.19. The topological polar surface area (TPSA) is 53.4 Å². The summed E-state index contributed by atoms with van der Waals surface area (Å²) in [5, 5.41) is 21.0. The quantitative estimate of drug-likeness (QED) is 0.397. The third kappa shape index (κ3) is 5.02. The summed E-state index contributed by atoms with van der Waals surface area (Å²) in [6.07, 6.45) is 6.34. The number of halogens is 1. The molecule has 2 N–H and O–H groups in total. The highest BCUT2D eigenvalue weighted by molar-refractivity contribution is 5.99. The van der Waals surface area contributed by atoms with Gasteiger partial charge in [-0.05, 0) is 48.9 Å². The minimum absolute atomic E-state index is 0.117. The van der Waals surface area contributed by atoms with Gasteiger partial charge in [-0.15, -0.1) is 0 Å². The molecular weight excluding hydrogens is 389 g/mol. The average molecular weight is 418 g/mol. The van der Waals surface area contributed by atoms with Gasteiger partial charge in [0.15, 0.2) is 0 Å². The smallest absolute Gasteiger partial charge is 0.123 e. The van der Waals surface area contributed by atoms with E-state index in [2.05, 4.69) is 6.58 Å². The van der Waals surface area contributed by atoms with Crippen LogP contribution in [0.25, 0.3) is 28.1 Å². The van der Waals surface area contributed by atoms with Crippen LogP contribution in [0.2, 0.25) is 0 Å². The Morgan fingerprint density at radius 2 is 1.90 bits per heavy atom. The maximum absolute atomic E-state index is 13.6. The maximum Gasteiger partial charge on any atom is 0.123 e. The zero-order chi connectivity index (χ0) is 22.0. The molecule has 0 radical (unpaired) electrons. The number of benzene rings is 2. The highest BCUT2D eigenvalue weighted by atomic mass is 19.1. The van der Waals surface area contributed by atoms with E-state index in [9.17, 15) is 14.6 Å². The number of fused-ring (bicyclic) bond motifs is 1. The number of rotatable bonds is 8. The monoisotopic (exact) mass is 417 g/mol. The van der Waals surface area contributed by atoms with E-state index in [0.29, 0.717) is 18.8 Å². The third-order valence-electron chi connectivity index (χ3n) is 5.77. The number of aliphatic hydroxyl groups excluding tert-OH is 2. The van der Waals surface area contributed by atoms with Crippen LogP contribution in [0.3, 0.4) is 0 Å². The first-order chi connectivity index (χ1) is 14.9. The van der Waals surface area contributed by atoms with Gasteiger partial charge in [-0.2, -0.15) is 0 Å². The molecule has 3 nitrogen and oxygen atoms in total. The van der Waals surface area contributed by atoms with Gasteiger partial charge in [0.05, 0.1) is 23.1 Å². The Labute approximate surface area is 182 Å². The molecule has 2 atom stereocenters. The van der Waals surface area contributed by atoms with Crippen molar-refractivity contribution in [2.24, 2.45) is 5.92 Å². The van der Waals surface area contributed by atoms with Crippen molar-refractivity contribution < 1.29 is 14.6 Å². The highest BCUT2D eigenvalue weighted by Gasteiger charge is 2.29. The number of allylic oxidation sites excluding steroid dienone is 1. The minimum atomic E-state index is -0.644. The summed E-state index contributed by atoms with van der Waals surface area (Å²) in [4.78, 5) is 4.97. The summed E-state index contributed by atoms with van der Waals surface area (Å²) in [6.45, 7) is 5.52. The first-order valence-corrected chi connectivity index (χ1v) is 10.8. The van der Waals surface area contributed by atoms with Crippen molar-refractivity contribution in [3.8, 4) is 11.1 Å². The zero-order valence-corrected chi connectivity index (χ0v) is 17.8. The van der Waals surface area contributed by atoms with Crippen LogP contribution in [0.15, 0.2) is 66.9 Å². The number of aromatic nitrogens is 1. The fourth-order valence-electron chi connectivity index (χ4n) is 4.19. The molecule has 0 amide bonds. The second-order valence-corrected chi connectivity index (χ2v) is 8.62. The molecule has 1 heterocycles. The lowest BCUT2D eigenvalue weighted by Crippen LogP contribution is -2.09. The van der Waals surface area contributed by atoms with E-state index in [1.807, 2.05) is 37.3 Å². The van der Waals surface area contributed by atoms with Crippen LogP contribution in [0.1, 0.15) is 49.8 Å². The molecule has 0 unspecified atom stereocenters. The number of aliphatic hydroxyl groups is 2. The van der Waals surface area contributed by atoms with Gasteiger partial charge in [0, 0.05) is 28.9 Å². The van der Waals surface area contributed by atoms with Crippen LogP contribution in [-0.4, -0.2) is 21.3 Å². The van der Waals surface area contributed by atoms with Crippen molar-refractivity contribution in [1.29, 1.82) is 0 Å². The molecule has 0 spiro atoms. The lowest BCUT2D eigenvalue weighted by atomic mass is 9.91. The second-order valence-electron chi connectivity index (χ2n) is 8.62. The summed E-state index contributed by atoms with van der Waals surface area (Å²) in [6, 6.07) is 14.6. The van der Waals surface area contributed by atoms with Gasteiger partial charge in [-0.3, -0.25) is 4.98 Å². The van der Waals surface area contributed by atoms with Crippen LogP contribution < -0.4 is 0 Å². The summed E-state index contributed by atoms with van der Waals surface area (Å²) >= 11 is 0. The molecule has 1 aliphatic rings. The van der Waals surface area contributed by atoms with Gasteiger partial charge in [0.1, 0.15) is 5.82 Å². The molecule has 4 rings (SSSR count). The second kappa shape index (κ2) is 9.03. The van der Waals surface area contributed by atoms with Crippen LogP contribution in [0.4, 0.5) is 4.39 Å². The van der Waals surface area contributed by atoms with Crippen molar-refractivity contribution >= 4 is 17.0 Å². The van der Waals surface area contributed by atoms with E-state index in [1.54, 1.807) is 18.2 Å². The van der Waals surface area contributed by atoms with E-state index in [4.69, 9.17) is 4.98 Å². The predicted octanol–water partition coefficient (Wildman–Crippen LogP) is 6.78. The average Bonchev–Trinajstić information content (AvgIpc) is 3.56. The van der Waals surface area contributed by atoms with Crippen molar-refractivity contribution in [2.75, 3.05) is 0 Å². The Hall–Kier alpha value is -2.98. The number of hydrogen-bond donors (Lipinski definition) is 2. The van der Waals surface area contributed by atoms with Crippen molar-refractivity contribution in [2.45, 2.75) is 44.6 Å². The Bertz CT molecular complexity index is 1120. The fraction of sp³-hybridized carbons (Fsp3) is 0.296. The molecule has 0 aliphatic heterocycles. The van der Waals surface area contributed by atoms with E-state index in [1.165, 1.54) is 12.1 Å². The van der Waals surface area contributed by atoms with E-state index >= 15 is 0 Å². The van der Waals surface area contributed by atoms with E-state index < -0.39 is 6.10 Å². The predicted molar refractivity (Wildman–Crippen MR) is 124 cm³/mol. The molecule has 4 heteroatoms. The number of para-hydroxylation sites is 1. The normalized spacial score (nSPS) is 16.0. The Balaban J connectivity index is 1.79. The lowest BCUT2D eigenvalue weighted by Gasteiger charge is -2.17.